The van der Waals surface area contributed by atoms with E-state index in [-0.39, 0.29) is 7.55 Å². The lowest BCUT2D eigenvalue weighted by Crippen LogP contribution is -1.93. The van der Waals surface area contributed by atoms with Crippen molar-refractivity contribution in [1.29, 1.82) is 0 Å². The maximum Gasteiger partial charge on any atom is -0.0317 e. The third-order valence-corrected chi connectivity index (χ3v) is 5.01. The van der Waals surface area contributed by atoms with Crippen molar-refractivity contribution in [2.75, 3.05) is 12.3 Å². The molecule has 2 heterocycles. The first kappa shape index (κ1) is 4.21. The van der Waals surface area contributed by atoms with Gasteiger partial charge in [-0.25, -0.2) is 0 Å². The van der Waals surface area contributed by atoms with Gasteiger partial charge in [-0.1, -0.05) is 5.80 Å². The molecule has 2 rings (SSSR count). The van der Waals surface area contributed by atoms with Gasteiger partial charge in [0.1, 0.15) is 0 Å². The van der Waals surface area contributed by atoms with Gasteiger partial charge in [-0.2, -0.15) is 0 Å². The lowest BCUT2D eigenvalue weighted by molar-refractivity contribution is 0.636. The van der Waals surface area contributed by atoms with E-state index < -0.39 is 0 Å². The fourth-order valence-corrected chi connectivity index (χ4v) is 4.82. The van der Waals surface area contributed by atoms with Gasteiger partial charge < -0.3 is 0 Å². The highest BCUT2D eigenvalue weighted by atomic mass is 31.1. The van der Waals surface area contributed by atoms with Gasteiger partial charge in [0.15, 0.2) is 0 Å². The highest BCUT2D eigenvalue weighted by molar-refractivity contribution is 7.58. The maximum absolute atomic E-state index is 2.61. The second-order valence-electron chi connectivity index (χ2n) is 2.71. The topological polar surface area (TPSA) is 0 Å². The molecule has 1 saturated heterocycles. The molecule has 0 N–H and O–H groups in total. The average molecular weight is 114 g/mol. The fourth-order valence-electron chi connectivity index (χ4n) is 1.68. The molecule has 40 valence electrons. The molecular weight excluding hydrogens is 103 g/mol. The summed E-state index contributed by atoms with van der Waals surface area (Å²) in [5.41, 5.74) is 0. The van der Waals surface area contributed by atoms with Gasteiger partial charge in [-0.3, -0.25) is 0 Å². The largest absolute Gasteiger partial charge is 0.121 e. The Balaban J connectivity index is 2.30. The van der Waals surface area contributed by atoms with Crippen LogP contribution in [0.15, 0.2) is 0 Å². The molecule has 2 bridgehead atoms. The van der Waals surface area contributed by atoms with Crippen molar-refractivity contribution in [3.05, 3.63) is 0 Å². The Kier molecular flexibility index (Phi) is 0.833. The smallest absolute Gasteiger partial charge is 0.0317 e. The van der Waals surface area contributed by atoms with Gasteiger partial charge in [0.2, 0.25) is 0 Å². The normalized spacial score (nSPS) is 46.9. The minimum Gasteiger partial charge on any atom is -0.121 e. The molecule has 2 aliphatic heterocycles. The molecule has 2 atom stereocenters. The van der Waals surface area contributed by atoms with Crippen LogP contribution in [0.5, 0.6) is 0 Å². The van der Waals surface area contributed by atoms with Crippen LogP contribution in [0.3, 0.4) is 0 Å². The lowest BCUT2D eigenvalue weighted by Gasteiger charge is -1.99. The van der Waals surface area contributed by atoms with Crippen LogP contribution in [0.1, 0.15) is 12.8 Å². The van der Waals surface area contributed by atoms with Gasteiger partial charge in [-0.05, 0) is 31.1 Å². The minimum absolute atomic E-state index is 0.198. The van der Waals surface area contributed by atoms with E-state index >= 15 is 0 Å². The van der Waals surface area contributed by atoms with Crippen LogP contribution in [0, 0.1) is 5.92 Å². The Morgan fingerprint density at radius 1 is 1.57 bits per heavy atom. The first-order valence-corrected chi connectivity index (χ1v) is 5.12. The number of rotatable bonds is 0. The van der Waals surface area contributed by atoms with Crippen LogP contribution in [-0.2, 0) is 0 Å². The summed E-state index contributed by atoms with van der Waals surface area (Å²) < 4.78 is 0. The summed E-state index contributed by atoms with van der Waals surface area (Å²) in [7, 11) is 0.198. The van der Waals surface area contributed by atoms with Crippen molar-refractivity contribution in [1.82, 2.24) is 0 Å². The average Bonchev–Trinajstić information content (AvgIpc) is 2.22. The Hall–Kier alpha value is 0.300. The van der Waals surface area contributed by atoms with Crippen LogP contribution in [0.4, 0.5) is 0 Å². The molecule has 0 radical (unpaired) electrons. The van der Waals surface area contributed by atoms with E-state index in [0.717, 1.165) is 5.92 Å². The predicted octanol–water partition coefficient (Wildman–Crippen LogP) is 1.43. The van der Waals surface area contributed by atoms with Crippen molar-refractivity contribution in [3.63, 3.8) is 0 Å². The van der Waals surface area contributed by atoms with Gasteiger partial charge in [0.05, 0.1) is 0 Å². The Bertz CT molecular complexity index is 115. The van der Waals surface area contributed by atoms with E-state index in [1.165, 1.54) is 6.42 Å². The molecule has 0 saturated carbocycles. The SMILES string of the molecule is C1=[PH]2CCC(C1)C2. The molecular formula is C6H11P. The Morgan fingerprint density at radius 3 is 2.71 bits per heavy atom. The number of hydrogen-bond acceptors (Lipinski definition) is 0. The first-order valence-electron chi connectivity index (χ1n) is 3.13. The summed E-state index contributed by atoms with van der Waals surface area (Å²) in [6, 6.07) is 0. The second-order valence-corrected chi connectivity index (χ2v) is 5.34. The first-order chi connectivity index (χ1) is 3.45. The summed E-state index contributed by atoms with van der Waals surface area (Å²) in [6.07, 6.45) is 6.29. The molecule has 2 unspecified atom stereocenters. The van der Waals surface area contributed by atoms with E-state index in [9.17, 15) is 0 Å². The van der Waals surface area contributed by atoms with Crippen LogP contribution in [-0.4, -0.2) is 18.1 Å². The molecule has 2 aliphatic rings. The summed E-state index contributed by atoms with van der Waals surface area (Å²) in [5, 5.41) is 0. The number of hydrogen-bond donors (Lipinski definition) is 0. The van der Waals surface area contributed by atoms with Crippen LogP contribution < -0.4 is 0 Å². The molecule has 0 amide bonds. The van der Waals surface area contributed by atoms with Crippen LogP contribution >= 0.6 is 7.55 Å². The van der Waals surface area contributed by atoms with E-state index in [2.05, 4.69) is 5.80 Å². The fraction of sp³-hybridized carbons (Fsp3) is 0.833. The third-order valence-electron chi connectivity index (χ3n) is 2.16. The van der Waals surface area contributed by atoms with E-state index in [1.807, 2.05) is 0 Å². The molecule has 0 nitrogen and oxygen atoms in total. The molecule has 1 fully saturated rings. The molecule has 7 heavy (non-hydrogen) atoms. The van der Waals surface area contributed by atoms with Crippen LogP contribution in [0.25, 0.3) is 0 Å². The van der Waals surface area contributed by atoms with Crippen molar-refractivity contribution >= 4 is 13.3 Å². The van der Waals surface area contributed by atoms with Gasteiger partial charge in [0.25, 0.3) is 0 Å². The summed E-state index contributed by atoms with van der Waals surface area (Å²) in [4.78, 5) is 0. The molecule has 0 aliphatic carbocycles. The summed E-state index contributed by atoms with van der Waals surface area (Å²) >= 11 is 0. The van der Waals surface area contributed by atoms with E-state index in [1.54, 1.807) is 18.7 Å². The van der Waals surface area contributed by atoms with Gasteiger partial charge in [0, 0.05) is 0 Å². The predicted molar refractivity (Wildman–Crippen MR) is 36.8 cm³/mol. The van der Waals surface area contributed by atoms with Crippen molar-refractivity contribution in [2.45, 2.75) is 12.8 Å². The molecule has 0 aromatic carbocycles. The molecule has 0 aromatic rings. The van der Waals surface area contributed by atoms with Gasteiger partial charge in [-0.15, -0.1) is 7.55 Å². The number of fused-ring (bicyclic) bond motifs is 2. The molecule has 0 spiro atoms. The van der Waals surface area contributed by atoms with Crippen molar-refractivity contribution < 1.29 is 0 Å². The highest BCUT2D eigenvalue weighted by Crippen LogP contribution is 2.43. The highest BCUT2D eigenvalue weighted by Gasteiger charge is 2.22. The molecule has 1 heteroatoms. The monoisotopic (exact) mass is 114 g/mol. The minimum atomic E-state index is 0.198. The van der Waals surface area contributed by atoms with E-state index in [0.29, 0.717) is 0 Å². The third kappa shape index (κ3) is 0.570. The zero-order valence-corrected chi connectivity index (χ0v) is 5.48. The Labute approximate surface area is 45.3 Å². The summed E-state index contributed by atoms with van der Waals surface area (Å²) in [6.45, 7) is 0. The zero-order chi connectivity index (χ0) is 4.69. The Morgan fingerprint density at radius 2 is 2.57 bits per heavy atom. The maximum atomic E-state index is 2.61. The summed E-state index contributed by atoms with van der Waals surface area (Å²) in [5.74, 6) is 3.77. The van der Waals surface area contributed by atoms with Crippen LogP contribution in [0.2, 0.25) is 0 Å². The standard InChI is InChI=1S/C6H11P/c1-3-7-4-2-6(1)5-7/h3,6-7H,1-2,4-5H2. The molecule has 0 aromatic heterocycles. The van der Waals surface area contributed by atoms with E-state index in [4.69, 9.17) is 0 Å². The van der Waals surface area contributed by atoms with Crippen molar-refractivity contribution in [3.8, 4) is 0 Å². The zero-order valence-electron chi connectivity index (χ0n) is 4.48. The van der Waals surface area contributed by atoms with Crippen molar-refractivity contribution in [2.24, 2.45) is 5.92 Å². The second kappa shape index (κ2) is 1.39. The van der Waals surface area contributed by atoms with Gasteiger partial charge >= 0.3 is 0 Å². The lowest BCUT2D eigenvalue weighted by atomic mass is 10.1. The quantitative estimate of drug-likeness (QED) is 0.418.